The first kappa shape index (κ1) is 14.0. The van der Waals surface area contributed by atoms with E-state index in [0.29, 0.717) is 18.5 Å². The molecule has 0 aromatic heterocycles. The zero-order valence-electron chi connectivity index (χ0n) is 10.9. The van der Waals surface area contributed by atoms with Crippen LogP contribution in [0, 0.1) is 15.5 Å². The zero-order valence-corrected chi connectivity index (χ0v) is 10.9. The summed E-state index contributed by atoms with van der Waals surface area (Å²) in [6.07, 6.45) is 0.404. The molecule has 1 unspecified atom stereocenters. The lowest BCUT2D eigenvalue weighted by molar-refractivity contribution is -0.384. The number of nitro groups is 1. The summed E-state index contributed by atoms with van der Waals surface area (Å²) < 4.78 is 0. The van der Waals surface area contributed by atoms with Crippen molar-refractivity contribution in [2.24, 2.45) is 5.41 Å². The molecule has 1 aliphatic heterocycles. The van der Waals surface area contributed by atoms with Gasteiger partial charge in [0.15, 0.2) is 0 Å². The number of benzene rings is 1. The number of hydrogen-bond donors (Lipinski definition) is 1. The van der Waals surface area contributed by atoms with Crippen molar-refractivity contribution in [2.75, 3.05) is 13.1 Å². The Morgan fingerprint density at radius 2 is 1.95 bits per heavy atom. The van der Waals surface area contributed by atoms with Crippen LogP contribution >= 0.6 is 0 Å². The predicted molar refractivity (Wildman–Crippen MR) is 69.4 cm³/mol. The highest BCUT2D eigenvalue weighted by Gasteiger charge is 2.42. The lowest BCUT2D eigenvalue weighted by Crippen LogP contribution is -2.34. The fourth-order valence-electron chi connectivity index (χ4n) is 2.22. The van der Waals surface area contributed by atoms with Crippen molar-refractivity contribution in [3.63, 3.8) is 0 Å². The smallest absolute Gasteiger partial charge is 0.311 e. The fraction of sp³-hybridized carbons (Fsp3) is 0.385. The maximum absolute atomic E-state index is 12.2. The summed E-state index contributed by atoms with van der Waals surface area (Å²) in [5, 5.41) is 19.7. The van der Waals surface area contributed by atoms with Gasteiger partial charge in [-0.2, -0.15) is 0 Å². The molecule has 2 rings (SSSR count). The molecule has 1 saturated heterocycles. The highest BCUT2D eigenvalue weighted by atomic mass is 16.6. The second-order valence-electron chi connectivity index (χ2n) is 5.15. The maximum atomic E-state index is 12.2. The monoisotopic (exact) mass is 278 g/mol. The normalized spacial score (nSPS) is 21.8. The van der Waals surface area contributed by atoms with E-state index in [1.54, 1.807) is 6.92 Å². The minimum absolute atomic E-state index is 0.0849. The maximum Gasteiger partial charge on any atom is 0.311 e. The van der Waals surface area contributed by atoms with Gasteiger partial charge in [-0.1, -0.05) is 0 Å². The van der Waals surface area contributed by atoms with Gasteiger partial charge in [-0.05, 0) is 25.5 Å². The molecule has 1 amide bonds. The van der Waals surface area contributed by atoms with E-state index < -0.39 is 16.3 Å². The van der Waals surface area contributed by atoms with Gasteiger partial charge in [-0.15, -0.1) is 0 Å². The lowest BCUT2D eigenvalue weighted by Gasteiger charge is -2.20. The van der Waals surface area contributed by atoms with E-state index in [9.17, 15) is 19.7 Å². The van der Waals surface area contributed by atoms with Gasteiger partial charge in [0.2, 0.25) is 0 Å². The Kier molecular flexibility index (Phi) is 3.44. The molecule has 1 fully saturated rings. The van der Waals surface area contributed by atoms with Crippen molar-refractivity contribution < 1.29 is 19.6 Å². The van der Waals surface area contributed by atoms with Crippen molar-refractivity contribution in [2.45, 2.75) is 13.3 Å². The number of aliphatic carboxylic acids is 1. The highest BCUT2D eigenvalue weighted by molar-refractivity contribution is 5.95. The largest absolute Gasteiger partial charge is 0.481 e. The molecule has 1 N–H and O–H groups in total. The third-order valence-corrected chi connectivity index (χ3v) is 3.60. The number of non-ortho nitro benzene ring substituents is 1. The molecule has 106 valence electrons. The minimum atomic E-state index is -0.920. The molecule has 1 aromatic rings. The van der Waals surface area contributed by atoms with Crippen LogP contribution in [0.25, 0.3) is 0 Å². The second kappa shape index (κ2) is 4.92. The van der Waals surface area contributed by atoms with E-state index in [0.717, 1.165) is 0 Å². The van der Waals surface area contributed by atoms with Gasteiger partial charge in [0, 0.05) is 30.8 Å². The number of rotatable bonds is 3. The van der Waals surface area contributed by atoms with Crippen molar-refractivity contribution >= 4 is 17.6 Å². The van der Waals surface area contributed by atoms with Crippen molar-refractivity contribution in [1.82, 2.24) is 4.90 Å². The molecule has 20 heavy (non-hydrogen) atoms. The van der Waals surface area contributed by atoms with Gasteiger partial charge < -0.3 is 10.0 Å². The molecule has 0 saturated carbocycles. The molecule has 7 nitrogen and oxygen atoms in total. The van der Waals surface area contributed by atoms with Gasteiger partial charge in [0.05, 0.1) is 10.3 Å². The number of nitrogens with zero attached hydrogens (tertiary/aromatic N) is 2. The fourth-order valence-corrected chi connectivity index (χ4v) is 2.22. The molecule has 0 spiro atoms. The van der Waals surface area contributed by atoms with Gasteiger partial charge in [0.25, 0.3) is 11.6 Å². The highest BCUT2D eigenvalue weighted by Crippen LogP contribution is 2.31. The summed E-state index contributed by atoms with van der Waals surface area (Å²) in [5.74, 6) is -1.22. The van der Waals surface area contributed by atoms with Crippen LogP contribution in [0.2, 0.25) is 0 Å². The van der Waals surface area contributed by atoms with Crippen molar-refractivity contribution in [1.29, 1.82) is 0 Å². The summed E-state index contributed by atoms with van der Waals surface area (Å²) in [7, 11) is 0. The number of carbonyl (C=O) groups is 2. The topological polar surface area (TPSA) is 101 Å². The summed E-state index contributed by atoms with van der Waals surface area (Å²) >= 11 is 0. The first-order valence-electron chi connectivity index (χ1n) is 6.11. The number of carbonyl (C=O) groups excluding carboxylic acids is 1. The number of amides is 1. The Balaban J connectivity index is 2.13. The Morgan fingerprint density at radius 3 is 2.40 bits per heavy atom. The second-order valence-corrected chi connectivity index (χ2v) is 5.15. The Bertz CT molecular complexity index is 569. The van der Waals surface area contributed by atoms with E-state index >= 15 is 0 Å². The van der Waals surface area contributed by atoms with Crippen LogP contribution in [0.4, 0.5) is 5.69 Å². The van der Waals surface area contributed by atoms with Crippen LogP contribution in [-0.2, 0) is 4.79 Å². The summed E-state index contributed by atoms with van der Waals surface area (Å²) in [6, 6.07) is 5.30. The number of carboxylic acids is 1. The van der Waals surface area contributed by atoms with Crippen LogP contribution in [0.3, 0.4) is 0 Å². The quantitative estimate of drug-likeness (QED) is 0.667. The first-order chi connectivity index (χ1) is 9.33. The molecule has 1 atom stereocenters. The van der Waals surface area contributed by atoms with Gasteiger partial charge in [0.1, 0.15) is 0 Å². The van der Waals surface area contributed by atoms with Gasteiger partial charge in [-0.25, -0.2) is 0 Å². The molecule has 0 bridgehead atoms. The SMILES string of the molecule is CC1(C(=O)O)CCN(C(=O)c2ccc([N+](=O)[O-])cc2)C1. The van der Waals surface area contributed by atoms with Crippen LogP contribution in [0.1, 0.15) is 23.7 Å². The first-order valence-corrected chi connectivity index (χ1v) is 6.11. The number of nitro benzene ring substituents is 1. The molecular formula is C13H14N2O5. The standard InChI is InChI=1S/C13H14N2O5/c1-13(12(17)18)6-7-14(8-13)11(16)9-2-4-10(5-3-9)15(19)20/h2-5H,6-8H2,1H3,(H,17,18). The number of carboxylic acid groups (broad SMARTS) is 1. The van der Waals surface area contributed by atoms with Gasteiger partial charge in [-0.3, -0.25) is 19.7 Å². The van der Waals surface area contributed by atoms with E-state index in [1.807, 2.05) is 0 Å². The number of likely N-dealkylation sites (tertiary alicyclic amines) is 1. The Hall–Kier alpha value is -2.44. The van der Waals surface area contributed by atoms with Crippen LogP contribution < -0.4 is 0 Å². The average Bonchev–Trinajstić information content (AvgIpc) is 2.82. The molecule has 1 heterocycles. The zero-order chi connectivity index (χ0) is 14.9. The lowest BCUT2D eigenvalue weighted by atomic mass is 9.90. The van der Waals surface area contributed by atoms with Gasteiger partial charge >= 0.3 is 5.97 Å². The third-order valence-electron chi connectivity index (χ3n) is 3.60. The molecule has 1 aromatic carbocycles. The molecule has 1 aliphatic rings. The van der Waals surface area contributed by atoms with E-state index in [-0.39, 0.29) is 18.1 Å². The molecular weight excluding hydrogens is 264 g/mol. The Morgan fingerprint density at radius 1 is 1.35 bits per heavy atom. The summed E-state index contributed by atoms with van der Waals surface area (Å²) in [6.45, 7) is 2.13. The summed E-state index contributed by atoms with van der Waals surface area (Å²) in [4.78, 5) is 34.8. The van der Waals surface area contributed by atoms with E-state index in [2.05, 4.69) is 0 Å². The van der Waals surface area contributed by atoms with E-state index in [1.165, 1.54) is 29.2 Å². The van der Waals surface area contributed by atoms with Crippen molar-refractivity contribution in [3.05, 3.63) is 39.9 Å². The average molecular weight is 278 g/mol. The van der Waals surface area contributed by atoms with Crippen LogP contribution in [0.15, 0.2) is 24.3 Å². The number of hydrogen-bond acceptors (Lipinski definition) is 4. The predicted octanol–water partition coefficient (Wildman–Crippen LogP) is 1.53. The Labute approximate surface area is 115 Å². The van der Waals surface area contributed by atoms with E-state index in [4.69, 9.17) is 5.11 Å². The summed E-state index contributed by atoms with van der Waals surface area (Å²) in [5.41, 5.74) is -0.681. The molecule has 7 heteroatoms. The van der Waals surface area contributed by atoms with Crippen LogP contribution in [0.5, 0.6) is 0 Å². The van der Waals surface area contributed by atoms with Crippen molar-refractivity contribution in [3.8, 4) is 0 Å². The molecule has 0 aliphatic carbocycles. The minimum Gasteiger partial charge on any atom is -0.481 e. The third kappa shape index (κ3) is 2.47. The molecule has 0 radical (unpaired) electrons. The van der Waals surface area contributed by atoms with Crippen LogP contribution in [-0.4, -0.2) is 39.9 Å².